The van der Waals surface area contributed by atoms with Crippen LogP contribution in [-0.2, 0) is 4.74 Å². The molecule has 0 radical (unpaired) electrons. The standard InChI is InChI=1S/C11H23F3N2O/c1-4-6-15-10(8-17-3)7-16(5-2)9-11(12,13)14/h10,15H,4-9H2,1-3H3. The normalized spacial score (nSPS) is 14.3. The van der Waals surface area contributed by atoms with E-state index in [1.807, 2.05) is 6.92 Å². The smallest absolute Gasteiger partial charge is 0.383 e. The predicted octanol–water partition coefficient (Wildman–Crippen LogP) is 1.89. The summed E-state index contributed by atoms with van der Waals surface area (Å²) in [7, 11) is 1.56. The molecular formula is C11H23F3N2O. The minimum atomic E-state index is -4.14. The molecule has 104 valence electrons. The van der Waals surface area contributed by atoms with Crippen LogP contribution in [-0.4, -0.2) is 57.0 Å². The molecule has 0 rings (SSSR count). The van der Waals surface area contributed by atoms with Gasteiger partial charge in [0.1, 0.15) is 0 Å². The molecule has 0 heterocycles. The van der Waals surface area contributed by atoms with Crippen molar-refractivity contribution in [3.05, 3.63) is 0 Å². The van der Waals surface area contributed by atoms with Crippen LogP contribution in [0.3, 0.4) is 0 Å². The molecule has 0 aliphatic rings. The third-order valence-corrected chi connectivity index (χ3v) is 2.38. The Morgan fingerprint density at radius 2 is 1.94 bits per heavy atom. The molecule has 0 aliphatic heterocycles. The van der Waals surface area contributed by atoms with E-state index >= 15 is 0 Å². The molecule has 0 amide bonds. The molecular weight excluding hydrogens is 233 g/mol. The topological polar surface area (TPSA) is 24.5 Å². The zero-order valence-corrected chi connectivity index (χ0v) is 10.8. The summed E-state index contributed by atoms with van der Waals surface area (Å²) in [5, 5.41) is 3.19. The molecule has 3 nitrogen and oxygen atoms in total. The van der Waals surface area contributed by atoms with E-state index in [0.717, 1.165) is 13.0 Å². The van der Waals surface area contributed by atoms with Crippen molar-refractivity contribution in [2.45, 2.75) is 32.5 Å². The Labute approximate surface area is 101 Å². The van der Waals surface area contributed by atoms with E-state index in [2.05, 4.69) is 5.32 Å². The Morgan fingerprint density at radius 1 is 1.29 bits per heavy atom. The second-order valence-corrected chi connectivity index (χ2v) is 4.05. The molecule has 1 atom stereocenters. The predicted molar refractivity (Wildman–Crippen MR) is 62.1 cm³/mol. The Balaban J connectivity index is 4.17. The average molecular weight is 256 g/mol. The number of likely N-dealkylation sites (N-methyl/N-ethyl adjacent to an activating group) is 1. The Bertz CT molecular complexity index is 188. The Morgan fingerprint density at radius 3 is 2.35 bits per heavy atom. The van der Waals surface area contributed by atoms with E-state index in [4.69, 9.17) is 4.74 Å². The molecule has 0 saturated heterocycles. The summed E-state index contributed by atoms with van der Waals surface area (Å²) in [5.41, 5.74) is 0. The van der Waals surface area contributed by atoms with Crippen molar-refractivity contribution in [3.63, 3.8) is 0 Å². The van der Waals surface area contributed by atoms with Crippen molar-refractivity contribution in [2.75, 3.05) is 39.9 Å². The molecule has 0 bridgehead atoms. The van der Waals surface area contributed by atoms with Gasteiger partial charge in [0.25, 0.3) is 0 Å². The minimum Gasteiger partial charge on any atom is -0.383 e. The van der Waals surface area contributed by atoms with Gasteiger partial charge in [-0.2, -0.15) is 13.2 Å². The van der Waals surface area contributed by atoms with E-state index in [9.17, 15) is 13.2 Å². The van der Waals surface area contributed by atoms with Crippen LogP contribution in [0.5, 0.6) is 0 Å². The molecule has 0 aromatic rings. The zero-order valence-electron chi connectivity index (χ0n) is 10.8. The number of halogens is 3. The molecule has 17 heavy (non-hydrogen) atoms. The van der Waals surface area contributed by atoms with Crippen LogP contribution < -0.4 is 5.32 Å². The first kappa shape index (κ1) is 16.7. The number of ether oxygens (including phenoxy) is 1. The fourth-order valence-corrected chi connectivity index (χ4v) is 1.60. The molecule has 0 saturated carbocycles. The van der Waals surface area contributed by atoms with Gasteiger partial charge in [-0.3, -0.25) is 4.90 Å². The lowest BCUT2D eigenvalue weighted by atomic mass is 10.2. The first-order chi connectivity index (χ1) is 7.92. The largest absolute Gasteiger partial charge is 0.401 e. The van der Waals surface area contributed by atoms with Crippen molar-refractivity contribution in [3.8, 4) is 0 Å². The first-order valence-electron chi connectivity index (χ1n) is 5.94. The number of nitrogens with one attached hydrogen (secondary N) is 1. The molecule has 1 N–H and O–H groups in total. The third kappa shape index (κ3) is 9.38. The molecule has 6 heteroatoms. The number of alkyl halides is 3. The van der Waals surface area contributed by atoms with Gasteiger partial charge in [-0.15, -0.1) is 0 Å². The van der Waals surface area contributed by atoms with Gasteiger partial charge in [-0.25, -0.2) is 0 Å². The third-order valence-electron chi connectivity index (χ3n) is 2.38. The van der Waals surface area contributed by atoms with Crippen LogP contribution in [0.1, 0.15) is 20.3 Å². The van der Waals surface area contributed by atoms with E-state index in [1.165, 1.54) is 4.90 Å². The molecule has 1 unspecified atom stereocenters. The van der Waals surface area contributed by atoms with Crippen molar-refractivity contribution < 1.29 is 17.9 Å². The van der Waals surface area contributed by atoms with Crippen molar-refractivity contribution in [1.82, 2.24) is 10.2 Å². The van der Waals surface area contributed by atoms with Crippen LogP contribution in [0, 0.1) is 0 Å². The maximum absolute atomic E-state index is 12.3. The van der Waals surface area contributed by atoms with Gasteiger partial charge in [0.15, 0.2) is 0 Å². The zero-order chi connectivity index (χ0) is 13.3. The van der Waals surface area contributed by atoms with Gasteiger partial charge in [-0.1, -0.05) is 13.8 Å². The van der Waals surface area contributed by atoms with Crippen LogP contribution in [0.25, 0.3) is 0 Å². The monoisotopic (exact) mass is 256 g/mol. The van der Waals surface area contributed by atoms with Crippen LogP contribution in [0.15, 0.2) is 0 Å². The number of methoxy groups -OCH3 is 1. The SMILES string of the molecule is CCCNC(COC)CN(CC)CC(F)(F)F. The van der Waals surface area contributed by atoms with E-state index in [1.54, 1.807) is 14.0 Å². The van der Waals surface area contributed by atoms with Gasteiger partial charge >= 0.3 is 6.18 Å². The summed E-state index contributed by atoms with van der Waals surface area (Å²) in [4.78, 5) is 1.38. The van der Waals surface area contributed by atoms with Gasteiger partial charge in [0.2, 0.25) is 0 Å². The number of nitrogens with zero attached hydrogens (tertiary/aromatic N) is 1. The number of hydrogen-bond donors (Lipinski definition) is 1. The molecule has 0 aliphatic carbocycles. The average Bonchev–Trinajstić information content (AvgIpc) is 2.23. The van der Waals surface area contributed by atoms with Gasteiger partial charge in [-0.05, 0) is 19.5 Å². The molecule has 0 aromatic heterocycles. The quantitative estimate of drug-likeness (QED) is 0.682. The molecule has 0 aromatic carbocycles. The van der Waals surface area contributed by atoms with Crippen LogP contribution >= 0.6 is 0 Å². The lowest BCUT2D eigenvalue weighted by molar-refractivity contribution is -0.146. The maximum Gasteiger partial charge on any atom is 0.401 e. The Hall–Kier alpha value is -0.330. The fraction of sp³-hybridized carbons (Fsp3) is 1.00. The molecule has 0 fully saturated rings. The number of rotatable bonds is 9. The lowest BCUT2D eigenvalue weighted by Crippen LogP contribution is -2.46. The summed E-state index contributed by atoms with van der Waals surface area (Å²) < 4.78 is 41.9. The van der Waals surface area contributed by atoms with Crippen molar-refractivity contribution >= 4 is 0 Å². The van der Waals surface area contributed by atoms with E-state index < -0.39 is 12.7 Å². The van der Waals surface area contributed by atoms with E-state index in [-0.39, 0.29) is 6.04 Å². The van der Waals surface area contributed by atoms with Crippen LogP contribution in [0.4, 0.5) is 13.2 Å². The highest BCUT2D eigenvalue weighted by atomic mass is 19.4. The first-order valence-corrected chi connectivity index (χ1v) is 5.94. The Kier molecular flexibility index (Phi) is 8.55. The van der Waals surface area contributed by atoms with Crippen molar-refractivity contribution in [1.29, 1.82) is 0 Å². The summed E-state index contributed by atoms with van der Waals surface area (Å²) in [6.07, 6.45) is -3.19. The summed E-state index contributed by atoms with van der Waals surface area (Å²) in [5.74, 6) is 0. The number of hydrogen-bond acceptors (Lipinski definition) is 3. The highest BCUT2D eigenvalue weighted by Gasteiger charge is 2.30. The molecule has 0 spiro atoms. The lowest BCUT2D eigenvalue weighted by Gasteiger charge is -2.27. The van der Waals surface area contributed by atoms with Gasteiger partial charge < -0.3 is 10.1 Å². The summed E-state index contributed by atoms with van der Waals surface area (Å²) >= 11 is 0. The highest BCUT2D eigenvalue weighted by Crippen LogP contribution is 2.16. The highest BCUT2D eigenvalue weighted by molar-refractivity contribution is 4.73. The summed E-state index contributed by atoms with van der Waals surface area (Å²) in [6.45, 7) is 4.83. The maximum atomic E-state index is 12.3. The van der Waals surface area contributed by atoms with Crippen molar-refractivity contribution in [2.24, 2.45) is 0 Å². The van der Waals surface area contributed by atoms with E-state index in [0.29, 0.717) is 19.7 Å². The van der Waals surface area contributed by atoms with Gasteiger partial charge in [0.05, 0.1) is 13.2 Å². The second-order valence-electron chi connectivity index (χ2n) is 4.05. The fourth-order valence-electron chi connectivity index (χ4n) is 1.60. The summed E-state index contributed by atoms with van der Waals surface area (Å²) in [6, 6.07) is -0.0535. The minimum absolute atomic E-state index is 0.0535. The van der Waals surface area contributed by atoms with Gasteiger partial charge in [0, 0.05) is 19.7 Å². The second kappa shape index (κ2) is 8.72. The van der Waals surface area contributed by atoms with Crippen LogP contribution in [0.2, 0.25) is 0 Å².